The van der Waals surface area contributed by atoms with Crippen LogP contribution in [0.3, 0.4) is 0 Å². The van der Waals surface area contributed by atoms with E-state index in [1.165, 1.54) is 12.1 Å². The van der Waals surface area contributed by atoms with Crippen LogP contribution in [-0.2, 0) is 6.61 Å². The maximum absolute atomic E-state index is 13.1. The fourth-order valence-electron chi connectivity index (χ4n) is 2.11. The normalized spacial score (nSPS) is 10.8. The zero-order valence-electron chi connectivity index (χ0n) is 12.5. The van der Waals surface area contributed by atoms with E-state index in [0.29, 0.717) is 6.61 Å². The van der Waals surface area contributed by atoms with Gasteiger partial charge in [0.25, 0.3) is 0 Å². The Kier molecular flexibility index (Phi) is 4.79. The van der Waals surface area contributed by atoms with Crippen LogP contribution in [-0.4, -0.2) is 6.21 Å². The van der Waals surface area contributed by atoms with Gasteiger partial charge in [-0.3, -0.25) is 4.99 Å². The number of hydrogen-bond donors (Lipinski definition) is 0. The molecule has 0 aliphatic carbocycles. The molecule has 0 aliphatic heterocycles. The van der Waals surface area contributed by atoms with Crippen LogP contribution in [0.5, 0.6) is 5.75 Å². The summed E-state index contributed by atoms with van der Waals surface area (Å²) in [6, 6.07) is 23.8. The number of hydrogen-bond acceptors (Lipinski definition) is 2. The fourth-order valence-corrected chi connectivity index (χ4v) is 2.11. The van der Waals surface area contributed by atoms with Gasteiger partial charge in [0, 0.05) is 6.21 Å². The molecule has 0 radical (unpaired) electrons. The molecule has 3 aromatic carbocycles. The Bertz CT molecular complexity index is 782. The van der Waals surface area contributed by atoms with Gasteiger partial charge in [0.2, 0.25) is 0 Å². The molecule has 0 N–H and O–H groups in total. The highest BCUT2D eigenvalue weighted by Crippen LogP contribution is 2.15. The summed E-state index contributed by atoms with van der Waals surface area (Å²) in [6.45, 7) is 0.342. The summed E-state index contributed by atoms with van der Waals surface area (Å²) in [5, 5.41) is 0. The van der Waals surface area contributed by atoms with E-state index < -0.39 is 0 Å². The van der Waals surface area contributed by atoms with Crippen LogP contribution in [0.1, 0.15) is 11.1 Å². The van der Waals surface area contributed by atoms with Crippen molar-refractivity contribution in [3.8, 4) is 5.75 Å². The predicted molar refractivity (Wildman–Crippen MR) is 90.9 cm³/mol. The second-order valence-electron chi connectivity index (χ2n) is 5.08. The van der Waals surface area contributed by atoms with Crippen LogP contribution >= 0.6 is 0 Å². The van der Waals surface area contributed by atoms with E-state index >= 15 is 0 Å². The van der Waals surface area contributed by atoms with E-state index in [-0.39, 0.29) is 5.82 Å². The molecule has 0 unspecified atom stereocenters. The second-order valence-corrected chi connectivity index (χ2v) is 5.08. The smallest absolute Gasteiger partial charge is 0.123 e. The number of ether oxygens (including phenoxy) is 1. The minimum absolute atomic E-state index is 0.251. The molecule has 0 aliphatic rings. The van der Waals surface area contributed by atoms with Crippen molar-refractivity contribution in [1.29, 1.82) is 0 Å². The van der Waals surface area contributed by atoms with Crippen LogP contribution in [0, 0.1) is 5.82 Å². The lowest BCUT2D eigenvalue weighted by molar-refractivity contribution is 0.305. The Morgan fingerprint density at radius 2 is 1.65 bits per heavy atom. The molecule has 0 heterocycles. The highest BCUT2D eigenvalue weighted by molar-refractivity contribution is 5.82. The Labute approximate surface area is 134 Å². The Hall–Kier alpha value is -2.94. The predicted octanol–water partition coefficient (Wildman–Crippen LogP) is 5.16. The molecule has 0 atom stereocenters. The Morgan fingerprint density at radius 1 is 0.870 bits per heavy atom. The average Bonchev–Trinajstić information content (AvgIpc) is 2.60. The van der Waals surface area contributed by atoms with Crippen molar-refractivity contribution in [2.24, 2.45) is 4.99 Å². The van der Waals surface area contributed by atoms with Crippen molar-refractivity contribution < 1.29 is 9.13 Å². The van der Waals surface area contributed by atoms with E-state index in [4.69, 9.17) is 4.74 Å². The van der Waals surface area contributed by atoms with Gasteiger partial charge in [-0.2, -0.15) is 0 Å². The first-order chi connectivity index (χ1) is 11.3. The van der Waals surface area contributed by atoms with Gasteiger partial charge >= 0.3 is 0 Å². The SMILES string of the molecule is Fc1cccc(COc2ccc(C=Nc3ccccc3)cc2)c1. The van der Waals surface area contributed by atoms with Gasteiger partial charge in [-0.15, -0.1) is 0 Å². The number of rotatable bonds is 5. The summed E-state index contributed by atoms with van der Waals surface area (Å²) in [7, 11) is 0. The first-order valence-corrected chi connectivity index (χ1v) is 7.36. The van der Waals surface area contributed by atoms with Gasteiger partial charge in [0.1, 0.15) is 18.2 Å². The van der Waals surface area contributed by atoms with Crippen LogP contribution in [0.25, 0.3) is 0 Å². The van der Waals surface area contributed by atoms with Crippen LogP contribution in [0.2, 0.25) is 0 Å². The highest BCUT2D eigenvalue weighted by Gasteiger charge is 1.98. The molecule has 3 aromatic rings. The molecule has 0 spiro atoms. The molecule has 3 rings (SSSR count). The maximum Gasteiger partial charge on any atom is 0.123 e. The van der Waals surface area contributed by atoms with E-state index in [1.807, 2.05) is 66.9 Å². The van der Waals surface area contributed by atoms with E-state index in [1.54, 1.807) is 6.07 Å². The van der Waals surface area contributed by atoms with Crippen molar-refractivity contribution in [3.05, 3.63) is 95.8 Å². The second kappa shape index (κ2) is 7.36. The molecule has 0 saturated carbocycles. The van der Waals surface area contributed by atoms with Crippen molar-refractivity contribution in [3.63, 3.8) is 0 Å². The van der Waals surface area contributed by atoms with Gasteiger partial charge in [-0.25, -0.2) is 4.39 Å². The largest absolute Gasteiger partial charge is 0.489 e. The number of nitrogens with zero attached hydrogens (tertiary/aromatic N) is 1. The summed E-state index contributed by atoms with van der Waals surface area (Å²) in [5.74, 6) is 0.490. The summed E-state index contributed by atoms with van der Waals surface area (Å²) < 4.78 is 18.8. The third-order valence-electron chi connectivity index (χ3n) is 3.29. The average molecular weight is 305 g/mol. The van der Waals surface area contributed by atoms with E-state index in [0.717, 1.165) is 22.6 Å². The molecule has 0 amide bonds. The first-order valence-electron chi connectivity index (χ1n) is 7.36. The van der Waals surface area contributed by atoms with E-state index in [9.17, 15) is 4.39 Å². The lowest BCUT2D eigenvalue weighted by atomic mass is 10.2. The molecule has 0 bridgehead atoms. The zero-order chi connectivity index (χ0) is 15.9. The van der Waals surface area contributed by atoms with Gasteiger partial charge in [0.05, 0.1) is 5.69 Å². The maximum atomic E-state index is 13.1. The summed E-state index contributed by atoms with van der Waals surface area (Å²) in [5.41, 5.74) is 2.71. The van der Waals surface area contributed by atoms with Crippen molar-refractivity contribution >= 4 is 11.9 Å². The summed E-state index contributed by atoms with van der Waals surface area (Å²) in [4.78, 5) is 4.40. The monoisotopic (exact) mass is 305 g/mol. The van der Waals surface area contributed by atoms with Crippen molar-refractivity contribution in [2.75, 3.05) is 0 Å². The molecular formula is C20H16FNO. The molecule has 3 heteroatoms. The highest BCUT2D eigenvalue weighted by atomic mass is 19.1. The van der Waals surface area contributed by atoms with Crippen LogP contribution < -0.4 is 4.74 Å². The topological polar surface area (TPSA) is 21.6 Å². The number of halogens is 1. The lowest BCUT2D eigenvalue weighted by Gasteiger charge is -2.06. The van der Waals surface area contributed by atoms with Crippen molar-refractivity contribution in [2.45, 2.75) is 6.61 Å². The molecular weight excluding hydrogens is 289 g/mol. The van der Waals surface area contributed by atoms with Gasteiger partial charge in [-0.05, 0) is 59.7 Å². The van der Waals surface area contributed by atoms with Crippen LogP contribution in [0.15, 0.2) is 83.9 Å². The van der Waals surface area contributed by atoms with Crippen molar-refractivity contribution in [1.82, 2.24) is 0 Å². The Balaban J connectivity index is 1.60. The Morgan fingerprint density at radius 3 is 2.39 bits per heavy atom. The molecule has 23 heavy (non-hydrogen) atoms. The third kappa shape index (κ3) is 4.51. The quantitative estimate of drug-likeness (QED) is 0.597. The minimum atomic E-state index is -0.251. The fraction of sp³-hybridized carbons (Fsp3) is 0.0500. The lowest BCUT2D eigenvalue weighted by Crippen LogP contribution is -1.96. The molecule has 0 fully saturated rings. The van der Waals surface area contributed by atoms with Gasteiger partial charge in [0.15, 0.2) is 0 Å². The van der Waals surface area contributed by atoms with E-state index in [2.05, 4.69) is 4.99 Å². The summed E-state index contributed by atoms with van der Waals surface area (Å²) in [6.07, 6.45) is 1.81. The standard InChI is InChI=1S/C20H16FNO/c21-18-6-4-5-17(13-18)15-23-20-11-9-16(10-12-20)14-22-19-7-2-1-3-8-19/h1-14H,15H2. The first kappa shape index (κ1) is 15.0. The number of para-hydroxylation sites is 1. The van der Waals surface area contributed by atoms with Gasteiger partial charge < -0.3 is 4.74 Å². The summed E-state index contributed by atoms with van der Waals surface area (Å²) >= 11 is 0. The number of aliphatic imine (C=N–C) groups is 1. The molecule has 0 saturated heterocycles. The number of benzene rings is 3. The van der Waals surface area contributed by atoms with Crippen LogP contribution in [0.4, 0.5) is 10.1 Å². The van der Waals surface area contributed by atoms with Gasteiger partial charge in [-0.1, -0.05) is 30.3 Å². The molecule has 114 valence electrons. The third-order valence-corrected chi connectivity index (χ3v) is 3.29. The zero-order valence-corrected chi connectivity index (χ0v) is 12.5. The molecule has 0 aromatic heterocycles. The minimum Gasteiger partial charge on any atom is -0.489 e. The molecule has 2 nitrogen and oxygen atoms in total.